The van der Waals surface area contributed by atoms with Crippen molar-refractivity contribution in [1.29, 1.82) is 0 Å². The molecule has 0 N–H and O–H groups in total. The molecular weight excluding hydrogens is 651 g/mol. The number of hydrogen-bond acceptors (Lipinski definition) is 5. The highest BCUT2D eigenvalue weighted by molar-refractivity contribution is 6.16. The molecule has 5 heteroatoms. The van der Waals surface area contributed by atoms with Gasteiger partial charge in [0, 0.05) is 38.8 Å². The molecule has 4 unspecified atom stereocenters. The summed E-state index contributed by atoms with van der Waals surface area (Å²) >= 11 is 0. The molecule has 3 heterocycles. The summed E-state index contributed by atoms with van der Waals surface area (Å²) in [6, 6.07) is 42.3. The summed E-state index contributed by atoms with van der Waals surface area (Å²) < 4.78 is 12.8. The summed E-state index contributed by atoms with van der Waals surface area (Å²) in [4.78, 5) is 15.7. The number of allylic oxidation sites excluding steroid dienone is 4. The lowest BCUT2D eigenvalue weighted by atomic mass is 9.69. The van der Waals surface area contributed by atoms with Crippen LogP contribution in [-0.4, -0.2) is 27.2 Å². The van der Waals surface area contributed by atoms with Crippen molar-refractivity contribution in [3.05, 3.63) is 170 Å². The fourth-order valence-corrected chi connectivity index (χ4v) is 8.69. The Hall–Kier alpha value is -6.43. The van der Waals surface area contributed by atoms with Crippen molar-refractivity contribution in [3.63, 3.8) is 0 Å². The topological polar surface area (TPSA) is 61.0 Å². The number of nitrogens with zero attached hydrogens (tertiary/aromatic N) is 3. The molecule has 0 saturated carbocycles. The fourth-order valence-electron chi connectivity index (χ4n) is 8.69. The predicted molar refractivity (Wildman–Crippen MR) is 214 cm³/mol. The Morgan fingerprint density at radius 1 is 0.585 bits per heavy atom. The van der Waals surface area contributed by atoms with Crippen molar-refractivity contribution in [2.75, 3.05) is 0 Å². The van der Waals surface area contributed by atoms with Crippen LogP contribution >= 0.6 is 0 Å². The van der Waals surface area contributed by atoms with E-state index in [1.807, 2.05) is 18.2 Å². The first-order valence-electron chi connectivity index (χ1n) is 18.2. The Bertz CT molecular complexity index is 2930. The Morgan fingerprint density at radius 2 is 1.30 bits per heavy atom. The summed E-state index contributed by atoms with van der Waals surface area (Å²) in [5, 5.41) is 6.74. The van der Waals surface area contributed by atoms with Gasteiger partial charge in [0.15, 0.2) is 17.5 Å². The standard InChI is InChI=1S/C48H33N3O2/c1-48-26-7-6-21-43(48)53-41-25-24-32(28-39(41)48)46-49-45(31-23-22-29-11-2-3-12-30(29)27-31)50-47(51-46)37-18-9-14-33-34(15-8-16-35(33)37)36-17-10-20-42-44(36)38-13-4-5-19-40(38)52-42/h2-28,39,41,43H,1H3. The molecule has 0 spiro atoms. The SMILES string of the molecule is CC12C=CC=CC1OC1C=CC(c3nc(-c4ccc5ccccc5c4)nc(-c4cccc5c(-c6cccc7oc8ccccc8c67)cccc45)n3)=CC12. The van der Waals surface area contributed by atoms with Crippen LogP contribution in [0, 0.1) is 11.3 Å². The van der Waals surface area contributed by atoms with E-state index < -0.39 is 0 Å². The summed E-state index contributed by atoms with van der Waals surface area (Å²) in [6.45, 7) is 2.29. The molecule has 5 nitrogen and oxygen atoms in total. The summed E-state index contributed by atoms with van der Waals surface area (Å²) in [6.07, 6.45) is 15.3. The molecule has 4 atom stereocenters. The van der Waals surface area contributed by atoms with Gasteiger partial charge in [-0.1, -0.05) is 153 Å². The number of furan rings is 1. The zero-order valence-electron chi connectivity index (χ0n) is 29.0. The average Bonchev–Trinajstić information content (AvgIpc) is 3.74. The van der Waals surface area contributed by atoms with Crippen LogP contribution < -0.4 is 0 Å². The van der Waals surface area contributed by atoms with E-state index in [1.165, 1.54) is 5.39 Å². The first-order valence-corrected chi connectivity index (χ1v) is 18.2. The van der Waals surface area contributed by atoms with Crippen molar-refractivity contribution in [3.8, 4) is 33.9 Å². The first kappa shape index (κ1) is 30.2. The zero-order valence-corrected chi connectivity index (χ0v) is 29.0. The number of benzene rings is 6. The van der Waals surface area contributed by atoms with Crippen LogP contribution in [-0.2, 0) is 4.74 Å². The Labute approximate surface area is 306 Å². The number of hydrogen-bond donors (Lipinski definition) is 0. The Balaban J connectivity index is 1.11. The molecule has 1 saturated heterocycles. The van der Waals surface area contributed by atoms with Crippen LogP contribution in [0.2, 0.25) is 0 Å². The first-order chi connectivity index (χ1) is 26.1. The van der Waals surface area contributed by atoms with Gasteiger partial charge in [-0.3, -0.25) is 0 Å². The number of aromatic nitrogens is 3. The lowest BCUT2D eigenvalue weighted by Crippen LogP contribution is -2.32. The highest BCUT2D eigenvalue weighted by Gasteiger charge is 2.50. The summed E-state index contributed by atoms with van der Waals surface area (Å²) in [5.41, 5.74) is 6.75. The summed E-state index contributed by atoms with van der Waals surface area (Å²) in [5.74, 6) is 2.08. The third-order valence-electron chi connectivity index (χ3n) is 11.4. The number of fused-ring (bicyclic) bond motifs is 8. The van der Waals surface area contributed by atoms with Crippen molar-refractivity contribution in [2.45, 2.75) is 19.1 Å². The highest BCUT2D eigenvalue weighted by Crippen LogP contribution is 2.50. The van der Waals surface area contributed by atoms with E-state index in [0.717, 1.165) is 65.9 Å². The zero-order chi connectivity index (χ0) is 35.1. The van der Waals surface area contributed by atoms with Crippen LogP contribution in [0.15, 0.2) is 168 Å². The highest BCUT2D eigenvalue weighted by atomic mass is 16.5. The van der Waals surface area contributed by atoms with Crippen molar-refractivity contribution in [1.82, 2.24) is 15.0 Å². The van der Waals surface area contributed by atoms with Gasteiger partial charge in [-0.05, 0) is 50.9 Å². The quantitative estimate of drug-likeness (QED) is 0.185. The second kappa shape index (κ2) is 11.5. The molecule has 8 aromatic rings. The van der Waals surface area contributed by atoms with Gasteiger partial charge in [0.25, 0.3) is 0 Å². The smallest absolute Gasteiger partial charge is 0.164 e. The van der Waals surface area contributed by atoms with Gasteiger partial charge in [-0.15, -0.1) is 0 Å². The molecule has 0 bridgehead atoms. The Morgan fingerprint density at radius 3 is 2.23 bits per heavy atom. The maximum atomic E-state index is 6.50. The monoisotopic (exact) mass is 683 g/mol. The molecule has 0 radical (unpaired) electrons. The lowest BCUT2D eigenvalue weighted by molar-refractivity contribution is 0.0769. The van der Waals surface area contributed by atoms with Gasteiger partial charge in [0.2, 0.25) is 0 Å². The van der Waals surface area contributed by atoms with Crippen LogP contribution in [0.1, 0.15) is 12.7 Å². The van der Waals surface area contributed by atoms with Gasteiger partial charge in [0.1, 0.15) is 11.2 Å². The molecule has 252 valence electrons. The van der Waals surface area contributed by atoms with Gasteiger partial charge >= 0.3 is 0 Å². The second-order valence-electron chi connectivity index (χ2n) is 14.5. The third-order valence-corrected chi connectivity index (χ3v) is 11.4. The number of rotatable bonds is 4. The molecule has 11 rings (SSSR count). The molecule has 3 aliphatic rings. The maximum absolute atomic E-state index is 6.50. The van der Waals surface area contributed by atoms with Crippen LogP contribution in [0.4, 0.5) is 0 Å². The van der Waals surface area contributed by atoms with Gasteiger partial charge in [-0.25, -0.2) is 15.0 Å². The van der Waals surface area contributed by atoms with E-state index in [9.17, 15) is 0 Å². The van der Waals surface area contributed by atoms with Crippen LogP contribution in [0.25, 0.3) is 83.0 Å². The minimum Gasteiger partial charge on any atom is -0.456 e. The van der Waals surface area contributed by atoms with E-state index in [1.54, 1.807) is 0 Å². The van der Waals surface area contributed by atoms with E-state index in [4.69, 9.17) is 24.1 Å². The van der Waals surface area contributed by atoms with Crippen LogP contribution in [0.5, 0.6) is 0 Å². The van der Waals surface area contributed by atoms with E-state index in [0.29, 0.717) is 17.5 Å². The third kappa shape index (κ3) is 4.71. The second-order valence-corrected chi connectivity index (χ2v) is 14.5. The molecule has 1 fully saturated rings. The average molecular weight is 684 g/mol. The molecular formula is C48H33N3O2. The largest absolute Gasteiger partial charge is 0.456 e. The lowest BCUT2D eigenvalue weighted by Gasteiger charge is -2.32. The molecule has 6 aromatic carbocycles. The molecule has 0 amide bonds. The van der Waals surface area contributed by atoms with Crippen molar-refractivity contribution in [2.24, 2.45) is 11.3 Å². The molecule has 2 aromatic heterocycles. The molecule has 53 heavy (non-hydrogen) atoms. The van der Waals surface area contributed by atoms with Gasteiger partial charge in [0.05, 0.1) is 12.2 Å². The molecule has 1 aliphatic heterocycles. The maximum Gasteiger partial charge on any atom is 0.164 e. The van der Waals surface area contributed by atoms with E-state index >= 15 is 0 Å². The minimum absolute atomic E-state index is 0.00398. The van der Waals surface area contributed by atoms with Crippen molar-refractivity contribution < 1.29 is 9.15 Å². The van der Waals surface area contributed by atoms with E-state index in [-0.39, 0.29) is 23.5 Å². The fraction of sp³-hybridized carbons (Fsp3) is 0.104. The van der Waals surface area contributed by atoms with Gasteiger partial charge < -0.3 is 9.15 Å². The van der Waals surface area contributed by atoms with Crippen LogP contribution in [0.3, 0.4) is 0 Å². The normalized spacial score (nSPS) is 21.8. The van der Waals surface area contributed by atoms with Crippen molar-refractivity contribution >= 4 is 49.1 Å². The predicted octanol–water partition coefficient (Wildman–Crippen LogP) is 11.5. The minimum atomic E-state index is -0.151. The number of ether oxygens (including phenoxy) is 1. The number of para-hydroxylation sites is 1. The molecule has 2 aliphatic carbocycles. The summed E-state index contributed by atoms with van der Waals surface area (Å²) in [7, 11) is 0. The Kier molecular flexibility index (Phi) is 6.58. The van der Waals surface area contributed by atoms with E-state index in [2.05, 4.69) is 153 Å². The van der Waals surface area contributed by atoms with Gasteiger partial charge in [-0.2, -0.15) is 0 Å².